The van der Waals surface area contributed by atoms with Gasteiger partial charge in [-0.3, -0.25) is 0 Å². The Bertz CT molecular complexity index is 1130. The van der Waals surface area contributed by atoms with Crippen molar-refractivity contribution in [2.75, 3.05) is 18.5 Å². The van der Waals surface area contributed by atoms with E-state index in [-0.39, 0.29) is 17.3 Å². The quantitative estimate of drug-likeness (QED) is 0.568. The lowest BCUT2D eigenvalue weighted by atomic mass is 10.1. The van der Waals surface area contributed by atoms with Gasteiger partial charge in [0.05, 0.1) is 25.7 Å². The maximum atomic E-state index is 13.8. The normalized spacial score (nSPS) is 11.2. The lowest BCUT2D eigenvalue weighted by Crippen LogP contribution is -2.32. The molecule has 0 radical (unpaired) electrons. The highest BCUT2D eigenvalue weighted by Crippen LogP contribution is 2.32. The summed E-state index contributed by atoms with van der Waals surface area (Å²) in [5.41, 5.74) is 1.24. The van der Waals surface area contributed by atoms with Gasteiger partial charge in [0.1, 0.15) is 29.5 Å². The smallest absolute Gasteiger partial charge is 0.266 e. The van der Waals surface area contributed by atoms with Crippen molar-refractivity contribution in [2.24, 2.45) is 0 Å². The molecule has 0 saturated heterocycles. The van der Waals surface area contributed by atoms with Crippen molar-refractivity contribution in [3.63, 3.8) is 0 Å². The number of sulfonamides is 1. The Morgan fingerprint density at radius 1 is 1.03 bits per heavy atom. The van der Waals surface area contributed by atoms with Gasteiger partial charge in [-0.2, -0.15) is 0 Å². The molecule has 0 fully saturated rings. The molecule has 3 rings (SSSR count). The zero-order valence-corrected chi connectivity index (χ0v) is 17.9. The van der Waals surface area contributed by atoms with Crippen molar-refractivity contribution in [3.05, 3.63) is 71.4 Å². The number of benzene rings is 2. The van der Waals surface area contributed by atoms with Crippen molar-refractivity contribution in [2.45, 2.75) is 25.3 Å². The third-order valence-corrected chi connectivity index (χ3v) is 6.66. The molecule has 0 saturated carbocycles. The number of nitrogens with zero attached hydrogens (tertiary/aromatic N) is 3. The molecule has 30 heavy (non-hydrogen) atoms. The van der Waals surface area contributed by atoms with Crippen molar-refractivity contribution in [1.82, 2.24) is 9.97 Å². The fourth-order valence-electron chi connectivity index (χ4n) is 3.27. The van der Waals surface area contributed by atoms with E-state index < -0.39 is 15.8 Å². The Morgan fingerprint density at radius 3 is 2.30 bits per heavy atom. The second-order valence-electron chi connectivity index (χ2n) is 6.63. The molecule has 0 aliphatic heterocycles. The van der Waals surface area contributed by atoms with Gasteiger partial charge in [-0.25, -0.2) is 27.1 Å². The molecular formula is C21H22FN3O4S. The van der Waals surface area contributed by atoms with Crippen LogP contribution >= 0.6 is 0 Å². The first-order valence-corrected chi connectivity index (χ1v) is 10.5. The number of halogens is 1. The van der Waals surface area contributed by atoms with Crippen LogP contribution in [0.5, 0.6) is 11.5 Å². The fourth-order valence-corrected chi connectivity index (χ4v) is 5.09. The largest absolute Gasteiger partial charge is 0.497 e. The highest BCUT2D eigenvalue weighted by atomic mass is 32.2. The Hall–Kier alpha value is -3.20. The summed E-state index contributed by atoms with van der Waals surface area (Å²) in [4.78, 5) is 8.04. The Kier molecular flexibility index (Phi) is 6.21. The molecule has 0 aliphatic carbocycles. The molecule has 158 valence electrons. The van der Waals surface area contributed by atoms with Crippen molar-refractivity contribution in [1.29, 1.82) is 0 Å². The summed E-state index contributed by atoms with van der Waals surface area (Å²) in [6.07, 6.45) is 2.73. The van der Waals surface area contributed by atoms with Crippen molar-refractivity contribution >= 4 is 15.8 Å². The second kappa shape index (κ2) is 8.66. The topological polar surface area (TPSA) is 81.6 Å². The van der Waals surface area contributed by atoms with Gasteiger partial charge in [-0.05, 0) is 49.2 Å². The van der Waals surface area contributed by atoms with Gasteiger partial charge in [0, 0.05) is 23.9 Å². The monoisotopic (exact) mass is 431 g/mol. The first kappa shape index (κ1) is 21.5. The number of hydrogen-bond acceptors (Lipinski definition) is 6. The standard InChI is InChI=1S/C21H22FN3O4S/c1-14-9-17(22)10-15(2)21(14)30(26,27)25(20-7-8-23-13-24-20)12-16-5-6-18(28-3)11-19(16)29-4/h5-11,13H,12H2,1-4H3. The Balaban J connectivity index is 2.16. The molecule has 0 atom stereocenters. The molecule has 3 aromatic rings. The van der Waals surface area contributed by atoms with E-state index in [1.54, 1.807) is 32.0 Å². The lowest BCUT2D eigenvalue weighted by molar-refractivity contribution is 0.391. The van der Waals surface area contributed by atoms with Crippen LogP contribution in [0.15, 0.2) is 53.8 Å². The lowest BCUT2D eigenvalue weighted by Gasteiger charge is -2.26. The summed E-state index contributed by atoms with van der Waals surface area (Å²) < 4.78 is 53.0. The minimum absolute atomic E-state index is 0.0370. The molecule has 0 bridgehead atoms. The van der Waals surface area contributed by atoms with Crippen LogP contribution in [0.3, 0.4) is 0 Å². The van der Waals surface area contributed by atoms with Gasteiger partial charge in [-0.1, -0.05) is 0 Å². The zero-order chi connectivity index (χ0) is 21.9. The fraction of sp³-hybridized carbons (Fsp3) is 0.238. The van der Waals surface area contributed by atoms with Crippen LogP contribution < -0.4 is 13.8 Å². The van der Waals surface area contributed by atoms with E-state index in [1.165, 1.54) is 44.9 Å². The maximum Gasteiger partial charge on any atom is 0.266 e. The van der Waals surface area contributed by atoms with Crippen LogP contribution in [-0.2, 0) is 16.6 Å². The van der Waals surface area contributed by atoms with E-state index in [4.69, 9.17) is 9.47 Å². The minimum atomic E-state index is -4.08. The SMILES string of the molecule is COc1ccc(CN(c2ccncn2)S(=O)(=O)c2c(C)cc(F)cc2C)c(OC)c1. The van der Waals surface area contributed by atoms with Crippen LogP contribution in [-0.4, -0.2) is 32.6 Å². The molecule has 0 N–H and O–H groups in total. The third-order valence-electron chi connectivity index (χ3n) is 4.60. The molecule has 7 nitrogen and oxygen atoms in total. The number of methoxy groups -OCH3 is 2. The number of anilines is 1. The highest BCUT2D eigenvalue weighted by Gasteiger charge is 2.30. The van der Waals surface area contributed by atoms with Gasteiger partial charge in [0.25, 0.3) is 10.0 Å². The van der Waals surface area contributed by atoms with Gasteiger partial charge in [-0.15, -0.1) is 0 Å². The van der Waals surface area contributed by atoms with Crippen LogP contribution in [0, 0.1) is 19.7 Å². The van der Waals surface area contributed by atoms with Gasteiger partial charge in [0.15, 0.2) is 0 Å². The van der Waals surface area contributed by atoms with E-state index in [0.717, 1.165) is 4.31 Å². The highest BCUT2D eigenvalue weighted by molar-refractivity contribution is 7.92. The molecule has 0 unspecified atom stereocenters. The molecule has 9 heteroatoms. The van der Waals surface area contributed by atoms with E-state index in [9.17, 15) is 12.8 Å². The van der Waals surface area contributed by atoms with Crippen molar-refractivity contribution < 1.29 is 22.3 Å². The summed E-state index contributed by atoms with van der Waals surface area (Å²) in [6, 6.07) is 9.02. The average molecular weight is 431 g/mol. The first-order valence-electron chi connectivity index (χ1n) is 9.04. The molecule has 0 amide bonds. The predicted octanol–water partition coefficient (Wildman–Crippen LogP) is 3.65. The Morgan fingerprint density at radius 2 is 1.73 bits per heavy atom. The van der Waals surface area contributed by atoms with E-state index >= 15 is 0 Å². The minimum Gasteiger partial charge on any atom is -0.497 e. The molecular weight excluding hydrogens is 409 g/mol. The second-order valence-corrected chi connectivity index (χ2v) is 8.42. The maximum absolute atomic E-state index is 13.8. The average Bonchev–Trinajstić information content (AvgIpc) is 2.71. The van der Waals surface area contributed by atoms with E-state index in [2.05, 4.69) is 9.97 Å². The summed E-state index contributed by atoms with van der Waals surface area (Å²) >= 11 is 0. The molecule has 0 spiro atoms. The number of aromatic nitrogens is 2. The van der Waals surface area contributed by atoms with Gasteiger partial charge >= 0.3 is 0 Å². The number of aryl methyl sites for hydroxylation is 2. The number of ether oxygens (including phenoxy) is 2. The van der Waals surface area contributed by atoms with Gasteiger partial charge < -0.3 is 9.47 Å². The number of hydrogen-bond donors (Lipinski definition) is 0. The molecule has 2 aromatic carbocycles. The number of rotatable bonds is 7. The van der Waals surface area contributed by atoms with Gasteiger partial charge in [0.2, 0.25) is 0 Å². The first-order chi connectivity index (χ1) is 14.3. The summed E-state index contributed by atoms with van der Waals surface area (Å²) in [7, 11) is -1.05. The molecule has 1 aromatic heterocycles. The van der Waals surface area contributed by atoms with Crippen molar-refractivity contribution in [3.8, 4) is 11.5 Å². The third kappa shape index (κ3) is 4.20. The van der Waals surface area contributed by atoms with Crippen LogP contribution in [0.25, 0.3) is 0 Å². The summed E-state index contributed by atoms with van der Waals surface area (Å²) in [5, 5.41) is 0. The summed E-state index contributed by atoms with van der Waals surface area (Å²) in [6.45, 7) is 3.08. The van der Waals surface area contributed by atoms with E-state index in [0.29, 0.717) is 28.2 Å². The van der Waals surface area contributed by atoms with Crippen LogP contribution in [0.4, 0.5) is 10.2 Å². The van der Waals surface area contributed by atoms with Crippen LogP contribution in [0.1, 0.15) is 16.7 Å². The van der Waals surface area contributed by atoms with Crippen LogP contribution in [0.2, 0.25) is 0 Å². The zero-order valence-electron chi connectivity index (χ0n) is 17.1. The molecule has 0 aliphatic rings. The Labute approximate surface area is 175 Å². The van der Waals surface area contributed by atoms with E-state index in [1.807, 2.05) is 0 Å². The molecule has 1 heterocycles. The summed E-state index contributed by atoms with van der Waals surface area (Å²) in [5.74, 6) is 0.744. The predicted molar refractivity (Wildman–Crippen MR) is 111 cm³/mol.